The Morgan fingerprint density at radius 2 is 2.10 bits per heavy atom. The van der Waals surface area contributed by atoms with Gasteiger partial charge in [0.25, 0.3) is 0 Å². The number of ether oxygens (including phenoxy) is 1. The molecule has 3 N–H and O–H groups in total. The molecule has 1 heterocycles. The van der Waals surface area contributed by atoms with Crippen molar-refractivity contribution in [2.75, 3.05) is 5.75 Å². The summed E-state index contributed by atoms with van der Waals surface area (Å²) in [6.07, 6.45) is -0.237. The summed E-state index contributed by atoms with van der Waals surface area (Å²) < 4.78 is 20.7. The molecule has 1 aliphatic rings. The van der Waals surface area contributed by atoms with Crippen molar-refractivity contribution in [1.82, 2.24) is 5.43 Å². The van der Waals surface area contributed by atoms with Gasteiger partial charge in [-0.3, -0.25) is 5.84 Å². The minimum absolute atomic E-state index is 0.237. The topological polar surface area (TPSA) is 47.3 Å². The lowest BCUT2D eigenvalue weighted by Gasteiger charge is -2.32. The van der Waals surface area contributed by atoms with Crippen LogP contribution in [0.5, 0.6) is 5.75 Å². The van der Waals surface area contributed by atoms with E-state index >= 15 is 0 Å². The fourth-order valence-corrected chi connectivity index (χ4v) is 3.78. The van der Waals surface area contributed by atoms with Gasteiger partial charge >= 0.3 is 0 Å². The van der Waals surface area contributed by atoms with E-state index in [-0.39, 0.29) is 11.9 Å². The molecule has 21 heavy (non-hydrogen) atoms. The summed E-state index contributed by atoms with van der Waals surface area (Å²) in [6, 6.07) is 12.6. The molecule has 2 aromatic carbocycles. The Kier molecular flexibility index (Phi) is 4.49. The minimum Gasteiger partial charge on any atom is -0.486 e. The fraction of sp³-hybridized carbons (Fsp3) is 0.200. The molecule has 0 radical (unpaired) electrons. The molecule has 0 aliphatic carbocycles. The van der Waals surface area contributed by atoms with E-state index in [1.165, 1.54) is 0 Å². The molecule has 1 aliphatic heterocycles. The predicted octanol–water partition coefficient (Wildman–Crippen LogP) is 3.65. The van der Waals surface area contributed by atoms with Gasteiger partial charge in [0, 0.05) is 16.2 Å². The molecule has 0 aromatic heterocycles. The molecule has 2 unspecified atom stereocenters. The second-order valence-electron chi connectivity index (χ2n) is 4.70. The number of halogens is 2. The molecule has 0 spiro atoms. The number of nitrogens with one attached hydrogen (secondary N) is 1. The highest BCUT2D eigenvalue weighted by molar-refractivity contribution is 9.10. The standard InChI is InChI=1S/C15H14BrFN2OS/c16-10-5-3-4-9(14(10)17)15(19-18)12-8-21-13-7-2-1-6-11(13)20-12/h1-7,12,15,19H,8,18H2. The number of fused-ring (bicyclic) bond motifs is 1. The monoisotopic (exact) mass is 368 g/mol. The van der Waals surface area contributed by atoms with Crippen LogP contribution in [0.25, 0.3) is 0 Å². The average Bonchev–Trinajstić information content (AvgIpc) is 2.52. The molecule has 6 heteroatoms. The fourth-order valence-electron chi connectivity index (χ4n) is 2.36. The lowest BCUT2D eigenvalue weighted by atomic mass is 10.0. The summed E-state index contributed by atoms with van der Waals surface area (Å²) in [5, 5.41) is 0. The van der Waals surface area contributed by atoms with Gasteiger partial charge in [0.15, 0.2) is 0 Å². The van der Waals surface area contributed by atoms with Gasteiger partial charge in [-0.05, 0) is 34.1 Å². The number of hydrazine groups is 1. The highest BCUT2D eigenvalue weighted by Gasteiger charge is 2.30. The van der Waals surface area contributed by atoms with Gasteiger partial charge in [0.1, 0.15) is 17.7 Å². The van der Waals surface area contributed by atoms with E-state index in [1.54, 1.807) is 30.0 Å². The van der Waals surface area contributed by atoms with Crippen LogP contribution < -0.4 is 16.0 Å². The number of hydrogen-bond donors (Lipinski definition) is 2. The largest absolute Gasteiger partial charge is 0.486 e. The molecular formula is C15H14BrFN2OS. The van der Waals surface area contributed by atoms with Crippen LogP contribution in [0.2, 0.25) is 0 Å². The average molecular weight is 369 g/mol. The van der Waals surface area contributed by atoms with Gasteiger partial charge in [-0.15, -0.1) is 11.8 Å². The van der Waals surface area contributed by atoms with Crippen molar-refractivity contribution >= 4 is 27.7 Å². The summed E-state index contributed by atoms with van der Waals surface area (Å²) in [6.45, 7) is 0. The Labute approximate surface area is 135 Å². The Balaban J connectivity index is 1.90. The van der Waals surface area contributed by atoms with E-state index in [0.29, 0.717) is 15.8 Å². The van der Waals surface area contributed by atoms with Crippen molar-refractivity contribution in [3.63, 3.8) is 0 Å². The molecule has 110 valence electrons. The van der Waals surface area contributed by atoms with Crippen LogP contribution in [0.3, 0.4) is 0 Å². The van der Waals surface area contributed by atoms with Crippen molar-refractivity contribution in [3.8, 4) is 5.75 Å². The molecule has 0 fully saturated rings. The Morgan fingerprint density at radius 1 is 1.29 bits per heavy atom. The van der Waals surface area contributed by atoms with E-state index in [1.807, 2.05) is 24.3 Å². The van der Waals surface area contributed by atoms with E-state index in [0.717, 1.165) is 10.6 Å². The number of thioether (sulfide) groups is 1. The maximum Gasteiger partial charge on any atom is 0.142 e. The first-order valence-corrected chi connectivity index (χ1v) is 8.27. The van der Waals surface area contributed by atoms with E-state index in [4.69, 9.17) is 10.6 Å². The second kappa shape index (κ2) is 6.36. The summed E-state index contributed by atoms with van der Waals surface area (Å²) in [5.74, 6) is 6.86. The Morgan fingerprint density at radius 3 is 2.90 bits per heavy atom. The zero-order valence-corrected chi connectivity index (χ0v) is 13.5. The Bertz CT molecular complexity index is 655. The van der Waals surface area contributed by atoms with Crippen molar-refractivity contribution < 1.29 is 9.13 Å². The highest BCUT2D eigenvalue weighted by atomic mass is 79.9. The van der Waals surface area contributed by atoms with Gasteiger partial charge < -0.3 is 4.74 Å². The van der Waals surface area contributed by atoms with Crippen LogP contribution in [0.15, 0.2) is 51.8 Å². The summed E-state index contributed by atoms with van der Waals surface area (Å²) >= 11 is 4.89. The summed E-state index contributed by atoms with van der Waals surface area (Å²) in [7, 11) is 0. The van der Waals surface area contributed by atoms with Crippen molar-refractivity contribution in [3.05, 3.63) is 58.3 Å². The van der Waals surface area contributed by atoms with Gasteiger partial charge in [0.2, 0.25) is 0 Å². The predicted molar refractivity (Wildman–Crippen MR) is 85.7 cm³/mol. The quantitative estimate of drug-likeness (QED) is 0.641. The number of benzene rings is 2. The van der Waals surface area contributed by atoms with Crippen LogP contribution in [0.1, 0.15) is 11.6 Å². The van der Waals surface area contributed by atoms with Gasteiger partial charge in [-0.1, -0.05) is 24.3 Å². The first-order chi connectivity index (χ1) is 10.2. The highest BCUT2D eigenvalue weighted by Crippen LogP contribution is 2.38. The molecular weight excluding hydrogens is 355 g/mol. The molecule has 3 rings (SSSR count). The summed E-state index contributed by atoms with van der Waals surface area (Å²) in [5.41, 5.74) is 3.18. The Hall–Kier alpha value is -1.08. The van der Waals surface area contributed by atoms with E-state index < -0.39 is 6.04 Å². The third kappa shape index (κ3) is 2.94. The normalized spacial score (nSPS) is 18.7. The maximum absolute atomic E-state index is 14.3. The zero-order chi connectivity index (χ0) is 14.8. The first kappa shape index (κ1) is 14.8. The number of nitrogens with two attached hydrogens (primary N) is 1. The van der Waals surface area contributed by atoms with Crippen LogP contribution >= 0.6 is 27.7 Å². The molecule has 2 aromatic rings. The number of hydrogen-bond acceptors (Lipinski definition) is 4. The molecule has 0 saturated heterocycles. The molecule has 0 amide bonds. The maximum atomic E-state index is 14.3. The third-order valence-electron chi connectivity index (χ3n) is 3.40. The van der Waals surface area contributed by atoms with E-state index in [9.17, 15) is 4.39 Å². The summed E-state index contributed by atoms with van der Waals surface area (Å²) in [4.78, 5) is 1.10. The smallest absolute Gasteiger partial charge is 0.142 e. The number of para-hydroxylation sites is 1. The number of rotatable bonds is 3. The zero-order valence-electron chi connectivity index (χ0n) is 11.1. The van der Waals surface area contributed by atoms with Crippen molar-refractivity contribution in [2.24, 2.45) is 5.84 Å². The van der Waals surface area contributed by atoms with Gasteiger partial charge in [-0.25, -0.2) is 9.82 Å². The van der Waals surface area contributed by atoms with Crippen LogP contribution in [-0.2, 0) is 0 Å². The molecule has 0 bridgehead atoms. The van der Waals surface area contributed by atoms with Crippen LogP contribution in [-0.4, -0.2) is 11.9 Å². The van der Waals surface area contributed by atoms with Gasteiger partial charge in [0.05, 0.1) is 10.5 Å². The van der Waals surface area contributed by atoms with Crippen LogP contribution in [0.4, 0.5) is 4.39 Å². The van der Waals surface area contributed by atoms with E-state index in [2.05, 4.69) is 21.4 Å². The molecule has 3 nitrogen and oxygen atoms in total. The minimum atomic E-state index is -0.414. The lowest BCUT2D eigenvalue weighted by Crippen LogP contribution is -2.42. The van der Waals surface area contributed by atoms with Crippen molar-refractivity contribution in [1.29, 1.82) is 0 Å². The van der Waals surface area contributed by atoms with Crippen molar-refractivity contribution in [2.45, 2.75) is 17.0 Å². The third-order valence-corrected chi connectivity index (χ3v) is 5.15. The molecule has 0 saturated carbocycles. The first-order valence-electron chi connectivity index (χ1n) is 6.49. The van der Waals surface area contributed by atoms with Gasteiger partial charge in [-0.2, -0.15) is 0 Å². The van der Waals surface area contributed by atoms with Crippen LogP contribution in [0, 0.1) is 5.82 Å². The molecule has 2 atom stereocenters. The SMILES string of the molecule is NNC(c1cccc(Br)c1F)C1CSc2ccccc2O1. The second-order valence-corrected chi connectivity index (χ2v) is 6.62. The lowest BCUT2D eigenvalue weighted by molar-refractivity contribution is 0.164.